The zero-order valence-corrected chi connectivity index (χ0v) is 15.5. The van der Waals surface area contributed by atoms with Gasteiger partial charge in [0.25, 0.3) is 5.91 Å². The minimum atomic E-state index is -4.42. The Balaban J connectivity index is 1.70. The Kier molecular flexibility index (Phi) is 5.02. The van der Waals surface area contributed by atoms with Crippen molar-refractivity contribution in [3.8, 4) is 0 Å². The van der Waals surface area contributed by atoms with E-state index in [2.05, 4.69) is 10.3 Å². The van der Waals surface area contributed by atoms with Crippen molar-refractivity contribution >= 4 is 11.8 Å². The van der Waals surface area contributed by atoms with Crippen molar-refractivity contribution in [1.29, 1.82) is 0 Å². The van der Waals surface area contributed by atoms with Gasteiger partial charge in [0.1, 0.15) is 5.69 Å². The second-order valence-electron chi connectivity index (χ2n) is 7.43. The summed E-state index contributed by atoms with van der Waals surface area (Å²) in [6.45, 7) is 0. The number of amides is 2. The van der Waals surface area contributed by atoms with Gasteiger partial charge in [-0.3, -0.25) is 14.6 Å². The number of aromatic nitrogens is 1. The first kappa shape index (κ1) is 19.4. The van der Waals surface area contributed by atoms with Crippen molar-refractivity contribution in [3.63, 3.8) is 0 Å². The Labute approximate surface area is 165 Å². The lowest BCUT2D eigenvalue weighted by Crippen LogP contribution is -2.45. The zero-order valence-electron chi connectivity index (χ0n) is 15.5. The van der Waals surface area contributed by atoms with E-state index in [1.54, 1.807) is 23.1 Å². The largest absolute Gasteiger partial charge is 0.416 e. The summed E-state index contributed by atoms with van der Waals surface area (Å²) >= 11 is 0. The molecule has 2 aliphatic rings. The number of carbonyl (C=O) groups is 2. The fourth-order valence-corrected chi connectivity index (χ4v) is 4.29. The molecule has 1 aromatic heterocycles. The van der Waals surface area contributed by atoms with Gasteiger partial charge in [-0.05, 0) is 49.1 Å². The van der Waals surface area contributed by atoms with Crippen molar-refractivity contribution in [1.82, 2.24) is 15.2 Å². The number of halogens is 3. The first-order valence-corrected chi connectivity index (χ1v) is 9.55. The lowest BCUT2D eigenvalue weighted by molar-refractivity contribution is -0.137. The maximum Gasteiger partial charge on any atom is 0.416 e. The van der Waals surface area contributed by atoms with Gasteiger partial charge in [-0.1, -0.05) is 18.2 Å². The highest BCUT2D eigenvalue weighted by Crippen LogP contribution is 2.41. The van der Waals surface area contributed by atoms with Crippen LogP contribution in [0.25, 0.3) is 0 Å². The number of hydrogen-bond acceptors (Lipinski definition) is 3. The molecule has 1 aromatic carbocycles. The fourth-order valence-electron chi connectivity index (χ4n) is 4.29. The molecule has 4 rings (SSSR count). The average Bonchev–Trinajstić information content (AvgIpc) is 2.95. The average molecular weight is 403 g/mol. The van der Waals surface area contributed by atoms with Crippen LogP contribution in [0.1, 0.15) is 53.3 Å². The van der Waals surface area contributed by atoms with Crippen LogP contribution in [0.4, 0.5) is 13.2 Å². The number of hydrogen-bond donors (Lipinski definition) is 1. The molecular weight excluding hydrogens is 383 g/mol. The van der Waals surface area contributed by atoms with Gasteiger partial charge in [-0.25, -0.2) is 0 Å². The number of carbonyl (C=O) groups excluding carboxylic acids is 2. The van der Waals surface area contributed by atoms with E-state index >= 15 is 0 Å². The van der Waals surface area contributed by atoms with Crippen LogP contribution in [-0.4, -0.2) is 33.8 Å². The van der Waals surface area contributed by atoms with Crippen LogP contribution in [0.2, 0.25) is 0 Å². The maximum atomic E-state index is 13.3. The summed E-state index contributed by atoms with van der Waals surface area (Å²) in [5, 5.41) is 2.98. The molecular formula is C21H20F3N3O2. The van der Waals surface area contributed by atoms with Crippen LogP contribution >= 0.6 is 0 Å². The van der Waals surface area contributed by atoms with E-state index < -0.39 is 17.8 Å². The quantitative estimate of drug-likeness (QED) is 0.831. The smallest absolute Gasteiger partial charge is 0.351 e. The summed E-state index contributed by atoms with van der Waals surface area (Å²) in [5.41, 5.74) is 0.162. The van der Waals surface area contributed by atoms with Gasteiger partial charge >= 0.3 is 6.18 Å². The number of nitrogens with zero attached hydrogens (tertiary/aromatic N) is 2. The summed E-state index contributed by atoms with van der Waals surface area (Å²) in [7, 11) is 0. The molecule has 0 saturated carbocycles. The Morgan fingerprint density at radius 3 is 2.55 bits per heavy atom. The van der Waals surface area contributed by atoms with Gasteiger partial charge in [0.15, 0.2) is 0 Å². The van der Waals surface area contributed by atoms with Crippen molar-refractivity contribution in [3.05, 3.63) is 65.5 Å². The molecule has 0 unspecified atom stereocenters. The Hall–Kier alpha value is -2.90. The third-order valence-electron chi connectivity index (χ3n) is 5.63. The fraction of sp³-hybridized carbons (Fsp3) is 0.381. The number of pyridine rings is 1. The molecule has 0 radical (unpaired) electrons. The number of rotatable bonds is 2. The number of likely N-dealkylation sites (tertiary alicyclic amines) is 1. The highest BCUT2D eigenvalue weighted by atomic mass is 19.4. The predicted octanol–water partition coefficient (Wildman–Crippen LogP) is 3.72. The molecule has 2 fully saturated rings. The first-order chi connectivity index (χ1) is 13.8. The minimum Gasteiger partial charge on any atom is -0.351 e. The van der Waals surface area contributed by atoms with E-state index in [1.165, 1.54) is 18.3 Å². The molecule has 3 heterocycles. The van der Waals surface area contributed by atoms with E-state index in [9.17, 15) is 22.8 Å². The molecule has 2 saturated heterocycles. The van der Waals surface area contributed by atoms with E-state index in [4.69, 9.17) is 0 Å². The van der Waals surface area contributed by atoms with Gasteiger partial charge in [0.05, 0.1) is 23.7 Å². The summed E-state index contributed by atoms with van der Waals surface area (Å²) in [6.07, 6.45) is -0.720. The normalized spacial score (nSPS) is 24.6. The van der Waals surface area contributed by atoms with Crippen molar-refractivity contribution in [2.75, 3.05) is 0 Å². The molecule has 152 valence electrons. The third-order valence-corrected chi connectivity index (χ3v) is 5.63. The molecule has 29 heavy (non-hydrogen) atoms. The SMILES string of the molecule is O=C1CCC[C@@H]2[C@H](C[C@H](c3ccc(C(F)(F)F)cc3)N2C(=O)c2ccccn2)N1. The molecule has 3 atom stereocenters. The van der Waals surface area contributed by atoms with Gasteiger partial charge in [-0.2, -0.15) is 13.2 Å². The molecule has 2 aromatic rings. The Morgan fingerprint density at radius 2 is 1.90 bits per heavy atom. The summed E-state index contributed by atoms with van der Waals surface area (Å²) < 4.78 is 38.8. The van der Waals surface area contributed by atoms with Crippen LogP contribution in [0.3, 0.4) is 0 Å². The monoisotopic (exact) mass is 403 g/mol. The topological polar surface area (TPSA) is 62.3 Å². The van der Waals surface area contributed by atoms with Crippen molar-refractivity contribution < 1.29 is 22.8 Å². The zero-order chi connectivity index (χ0) is 20.6. The van der Waals surface area contributed by atoms with E-state index in [-0.39, 0.29) is 29.6 Å². The van der Waals surface area contributed by atoms with Crippen LogP contribution in [0.15, 0.2) is 48.7 Å². The summed E-state index contributed by atoms with van der Waals surface area (Å²) in [5.74, 6) is -0.338. The van der Waals surface area contributed by atoms with Gasteiger partial charge in [0.2, 0.25) is 5.91 Å². The molecule has 0 bridgehead atoms. The molecule has 5 nitrogen and oxygen atoms in total. The molecule has 0 spiro atoms. The molecule has 1 N–H and O–H groups in total. The first-order valence-electron chi connectivity index (χ1n) is 9.55. The molecule has 2 aliphatic heterocycles. The number of fused-ring (bicyclic) bond motifs is 1. The Bertz CT molecular complexity index is 900. The number of alkyl halides is 3. The third kappa shape index (κ3) is 3.83. The van der Waals surface area contributed by atoms with Crippen LogP contribution in [-0.2, 0) is 11.0 Å². The lowest BCUT2D eigenvalue weighted by atomic mass is 10.0. The molecule has 2 amide bonds. The van der Waals surface area contributed by atoms with E-state index in [0.717, 1.165) is 12.1 Å². The maximum absolute atomic E-state index is 13.3. The second-order valence-corrected chi connectivity index (χ2v) is 7.43. The highest BCUT2D eigenvalue weighted by molar-refractivity contribution is 5.93. The van der Waals surface area contributed by atoms with Crippen LogP contribution in [0.5, 0.6) is 0 Å². The van der Waals surface area contributed by atoms with E-state index in [0.29, 0.717) is 31.2 Å². The van der Waals surface area contributed by atoms with Gasteiger partial charge < -0.3 is 10.2 Å². The minimum absolute atomic E-state index is 0.0594. The van der Waals surface area contributed by atoms with Gasteiger partial charge in [0, 0.05) is 12.6 Å². The summed E-state index contributed by atoms with van der Waals surface area (Å²) in [6, 6.07) is 9.07. The van der Waals surface area contributed by atoms with Gasteiger partial charge in [-0.15, -0.1) is 0 Å². The molecule has 8 heteroatoms. The van der Waals surface area contributed by atoms with E-state index in [1.807, 2.05) is 0 Å². The number of nitrogens with one attached hydrogen (secondary N) is 1. The predicted molar refractivity (Wildman–Crippen MR) is 98.8 cm³/mol. The Morgan fingerprint density at radius 1 is 1.14 bits per heavy atom. The highest BCUT2D eigenvalue weighted by Gasteiger charge is 2.46. The van der Waals surface area contributed by atoms with Crippen LogP contribution < -0.4 is 5.32 Å². The van der Waals surface area contributed by atoms with Crippen LogP contribution in [0, 0.1) is 0 Å². The molecule has 0 aliphatic carbocycles. The van der Waals surface area contributed by atoms with Crippen molar-refractivity contribution in [2.45, 2.75) is 50.0 Å². The standard InChI is InChI=1S/C21H20F3N3O2/c22-21(23,24)14-9-7-13(8-10-14)18-12-16-17(5-3-6-19(28)26-16)27(18)20(29)15-4-1-2-11-25-15/h1-2,4,7-11,16-18H,3,5-6,12H2,(H,26,28)/t16-,17+,18+/m0/s1. The summed E-state index contributed by atoms with van der Waals surface area (Å²) in [4.78, 5) is 31.1. The lowest BCUT2D eigenvalue weighted by Gasteiger charge is -2.31. The number of benzene rings is 1. The second kappa shape index (κ2) is 7.50. The van der Waals surface area contributed by atoms with Crippen molar-refractivity contribution in [2.24, 2.45) is 0 Å².